The summed E-state index contributed by atoms with van der Waals surface area (Å²) in [7, 11) is -5.24. The van der Waals surface area contributed by atoms with Crippen LogP contribution in [0.25, 0.3) is 0 Å². The molecule has 0 heterocycles. The molecule has 0 aromatic rings. The van der Waals surface area contributed by atoms with Gasteiger partial charge >= 0.3 is 0 Å². The van der Waals surface area contributed by atoms with Gasteiger partial charge in [0.25, 0.3) is 0 Å². The largest absolute Gasteiger partial charge is 0.726 e. The van der Waals surface area contributed by atoms with Crippen LogP contribution in [0, 0.1) is 0 Å². The van der Waals surface area contributed by atoms with Crippen molar-refractivity contribution in [2.45, 2.75) is 24.4 Å². The SMILES string of the molecule is O=C[C@H](OS(=O)(=O)[O-])[C@@H](O)[C@H](O)[C@H](O)CO. The molecule has 0 saturated carbocycles. The predicted molar refractivity (Wildman–Crippen MR) is 45.7 cm³/mol. The van der Waals surface area contributed by atoms with Crippen molar-refractivity contribution in [2.75, 3.05) is 6.61 Å². The standard InChI is InChI=1S/C6H12O9S/c7-1-3(9)5(10)6(11)4(2-8)15-16(12,13)14/h2-7,9-11H,1H2,(H,12,13,14)/p-1/t3-,4+,5-,6-/m1/s1. The summed E-state index contributed by atoms with van der Waals surface area (Å²) in [4.78, 5) is 10.3. The Bertz CT molecular complexity index is 312. The van der Waals surface area contributed by atoms with Gasteiger partial charge in [0.1, 0.15) is 18.3 Å². The molecule has 0 rings (SSSR count). The van der Waals surface area contributed by atoms with Gasteiger partial charge in [0.15, 0.2) is 12.4 Å². The van der Waals surface area contributed by atoms with Gasteiger partial charge in [0.05, 0.1) is 6.61 Å². The quantitative estimate of drug-likeness (QED) is 0.203. The number of aliphatic hydroxyl groups is 4. The lowest BCUT2D eigenvalue weighted by atomic mass is 10.0. The van der Waals surface area contributed by atoms with Crippen molar-refractivity contribution >= 4 is 16.7 Å². The molecule has 4 N–H and O–H groups in total. The van der Waals surface area contributed by atoms with Gasteiger partial charge in [0.2, 0.25) is 10.4 Å². The van der Waals surface area contributed by atoms with E-state index in [1.54, 1.807) is 0 Å². The van der Waals surface area contributed by atoms with Crippen molar-refractivity contribution in [3.05, 3.63) is 0 Å². The molecule has 10 heteroatoms. The Morgan fingerprint density at radius 3 is 2.06 bits per heavy atom. The molecule has 0 spiro atoms. The van der Waals surface area contributed by atoms with E-state index >= 15 is 0 Å². The van der Waals surface area contributed by atoms with E-state index in [0.29, 0.717) is 0 Å². The maximum absolute atomic E-state index is 10.3. The van der Waals surface area contributed by atoms with E-state index in [-0.39, 0.29) is 6.29 Å². The molecular weight excluding hydrogens is 248 g/mol. The van der Waals surface area contributed by atoms with E-state index in [1.165, 1.54) is 0 Å². The molecule has 9 nitrogen and oxygen atoms in total. The summed E-state index contributed by atoms with van der Waals surface area (Å²) in [6.07, 6.45) is -8.40. The van der Waals surface area contributed by atoms with E-state index < -0.39 is 41.4 Å². The lowest BCUT2D eigenvalue weighted by Crippen LogP contribution is -2.47. The molecule has 0 radical (unpaired) electrons. The molecule has 0 amide bonds. The third kappa shape index (κ3) is 4.94. The smallest absolute Gasteiger partial charge is 0.218 e. The first-order chi connectivity index (χ1) is 7.22. The lowest BCUT2D eigenvalue weighted by molar-refractivity contribution is -0.133. The van der Waals surface area contributed by atoms with Crippen molar-refractivity contribution in [1.82, 2.24) is 0 Å². The van der Waals surface area contributed by atoms with Crippen LogP contribution >= 0.6 is 0 Å². The molecule has 0 aromatic heterocycles. The van der Waals surface area contributed by atoms with E-state index in [1.807, 2.05) is 0 Å². The average Bonchev–Trinajstić information content (AvgIpc) is 2.21. The van der Waals surface area contributed by atoms with Crippen molar-refractivity contribution in [3.63, 3.8) is 0 Å². The molecule has 0 aliphatic heterocycles. The summed E-state index contributed by atoms with van der Waals surface area (Å²) in [6.45, 7) is -0.937. The van der Waals surface area contributed by atoms with Crippen LogP contribution in [-0.2, 0) is 19.4 Å². The summed E-state index contributed by atoms with van der Waals surface area (Å²) in [5.41, 5.74) is 0. The molecule has 0 saturated heterocycles. The van der Waals surface area contributed by atoms with Crippen LogP contribution in [0.5, 0.6) is 0 Å². The Morgan fingerprint density at radius 1 is 1.25 bits per heavy atom. The molecule has 0 bridgehead atoms. The second kappa shape index (κ2) is 6.20. The van der Waals surface area contributed by atoms with Crippen molar-refractivity contribution in [1.29, 1.82) is 0 Å². The van der Waals surface area contributed by atoms with Gasteiger partial charge in [0, 0.05) is 0 Å². The third-order valence-electron chi connectivity index (χ3n) is 1.63. The minimum atomic E-state index is -5.24. The molecule has 0 aromatic carbocycles. The van der Waals surface area contributed by atoms with Crippen LogP contribution in [0.4, 0.5) is 0 Å². The van der Waals surface area contributed by atoms with E-state index in [9.17, 15) is 17.8 Å². The van der Waals surface area contributed by atoms with Gasteiger partial charge in [-0.2, -0.15) is 0 Å². The molecule has 16 heavy (non-hydrogen) atoms. The number of carbonyl (C=O) groups excluding carboxylic acids is 1. The number of aliphatic hydroxyl groups excluding tert-OH is 4. The van der Waals surface area contributed by atoms with Gasteiger partial charge < -0.3 is 29.8 Å². The Kier molecular flexibility index (Phi) is 5.96. The van der Waals surface area contributed by atoms with Crippen molar-refractivity contribution in [3.8, 4) is 0 Å². The van der Waals surface area contributed by atoms with Crippen molar-refractivity contribution in [2.24, 2.45) is 0 Å². The van der Waals surface area contributed by atoms with E-state index in [0.717, 1.165) is 0 Å². The van der Waals surface area contributed by atoms with Crippen LogP contribution in [0.3, 0.4) is 0 Å². The highest BCUT2D eigenvalue weighted by Gasteiger charge is 2.32. The predicted octanol–water partition coefficient (Wildman–Crippen LogP) is -3.89. The minimum Gasteiger partial charge on any atom is -0.726 e. The van der Waals surface area contributed by atoms with E-state index in [4.69, 9.17) is 20.4 Å². The fourth-order valence-corrected chi connectivity index (χ4v) is 1.26. The first kappa shape index (κ1) is 15.4. The average molecular weight is 259 g/mol. The number of aldehydes is 1. The van der Waals surface area contributed by atoms with Gasteiger partial charge in [-0.1, -0.05) is 0 Å². The molecular formula is C6H11O9S-. The summed E-state index contributed by atoms with van der Waals surface area (Å²) < 4.78 is 34.0. The number of hydrogen-bond acceptors (Lipinski definition) is 9. The molecule has 0 aliphatic rings. The summed E-state index contributed by atoms with van der Waals surface area (Å²) in [6, 6.07) is 0. The van der Waals surface area contributed by atoms with Crippen LogP contribution < -0.4 is 0 Å². The fourth-order valence-electron chi connectivity index (χ4n) is 0.826. The zero-order valence-corrected chi connectivity index (χ0v) is 8.65. The Labute approximate surface area is 90.9 Å². The van der Waals surface area contributed by atoms with Gasteiger partial charge in [-0.15, -0.1) is 0 Å². The third-order valence-corrected chi connectivity index (χ3v) is 2.09. The lowest BCUT2D eigenvalue weighted by Gasteiger charge is -2.25. The Hall–Kier alpha value is -0.620. The highest BCUT2D eigenvalue weighted by molar-refractivity contribution is 7.80. The van der Waals surface area contributed by atoms with Gasteiger partial charge in [-0.05, 0) is 0 Å². The van der Waals surface area contributed by atoms with Crippen LogP contribution in [0.1, 0.15) is 0 Å². The van der Waals surface area contributed by atoms with Crippen LogP contribution in [0.15, 0.2) is 0 Å². The molecule has 96 valence electrons. The summed E-state index contributed by atoms with van der Waals surface area (Å²) >= 11 is 0. The maximum Gasteiger partial charge on any atom is 0.218 e. The first-order valence-corrected chi connectivity index (χ1v) is 5.30. The highest BCUT2D eigenvalue weighted by Crippen LogP contribution is 2.08. The fraction of sp³-hybridized carbons (Fsp3) is 0.833. The Balaban J connectivity index is 4.65. The zero-order valence-electron chi connectivity index (χ0n) is 7.83. The summed E-state index contributed by atoms with van der Waals surface area (Å²) in [5, 5.41) is 35.5. The maximum atomic E-state index is 10.3. The number of hydrogen-bond donors (Lipinski definition) is 4. The molecule has 0 unspecified atom stereocenters. The highest BCUT2D eigenvalue weighted by atomic mass is 32.3. The zero-order chi connectivity index (χ0) is 12.9. The molecule has 0 fully saturated rings. The molecule has 4 atom stereocenters. The number of carbonyl (C=O) groups is 1. The molecule has 0 aliphatic carbocycles. The van der Waals surface area contributed by atoms with Crippen LogP contribution in [-0.4, -0.2) is 70.7 Å². The van der Waals surface area contributed by atoms with Gasteiger partial charge in [-0.25, -0.2) is 8.42 Å². The Morgan fingerprint density at radius 2 is 1.75 bits per heavy atom. The first-order valence-electron chi connectivity index (χ1n) is 3.97. The number of rotatable bonds is 7. The minimum absolute atomic E-state index is 0.229. The second-order valence-electron chi connectivity index (χ2n) is 2.84. The van der Waals surface area contributed by atoms with E-state index in [2.05, 4.69) is 4.18 Å². The topological polar surface area (TPSA) is 164 Å². The van der Waals surface area contributed by atoms with Gasteiger partial charge in [-0.3, -0.25) is 4.18 Å². The van der Waals surface area contributed by atoms with Crippen molar-refractivity contribution < 1.29 is 42.4 Å². The monoisotopic (exact) mass is 259 g/mol. The normalized spacial score (nSPS) is 19.8. The van der Waals surface area contributed by atoms with Crippen LogP contribution in [0.2, 0.25) is 0 Å². The summed E-state index contributed by atoms with van der Waals surface area (Å²) in [5.74, 6) is 0. The second-order valence-corrected chi connectivity index (χ2v) is 3.85.